The molecular formula is C18H28N2O7. The molecule has 0 saturated carbocycles. The van der Waals surface area contributed by atoms with Crippen molar-refractivity contribution in [2.45, 2.75) is 45.6 Å². The molecule has 2 N–H and O–H groups in total. The van der Waals surface area contributed by atoms with Gasteiger partial charge in [0.25, 0.3) is 0 Å². The Labute approximate surface area is 159 Å². The molecule has 0 aromatic rings. The second kappa shape index (κ2) is 23.1. The van der Waals surface area contributed by atoms with Crippen molar-refractivity contribution in [3.05, 3.63) is 24.8 Å². The number of ether oxygens (including phenoxy) is 1. The predicted molar refractivity (Wildman–Crippen MR) is 99.7 cm³/mol. The van der Waals surface area contributed by atoms with Crippen LogP contribution >= 0.6 is 0 Å². The number of hydrogen-bond donors (Lipinski definition) is 2. The van der Waals surface area contributed by atoms with E-state index in [0.29, 0.717) is 13.1 Å². The van der Waals surface area contributed by atoms with Gasteiger partial charge in [0.15, 0.2) is 0 Å². The predicted octanol–water partition coefficient (Wildman–Crippen LogP) is 1.96. The van der Waals surface area contributed by atoms with Gasteiger partial charge in [0.05, 0.1) is 19.2 Å². The molecule has 0 rings (SSSR count). The van der Waals surface area contributed by atoms with Crippen LogP contribution in [0.15, 0.2) is 34.8 Å². The van der Waals surface area contributed by atoms with Crippen LogP contribution in [0.4, 0.5) is 0 Å². The van der Waals surface area contributed by atoms with E-state index in [0.717, 1.165) is 31.8 Å². The van der Waals surface area contributed by atoms with E-state index >= 15 is 0 Å². The number of isocyanates is 2. The molecule has 0 aliphatic carbocycles. The number of aliphatic hydroxyl groups excluding tert-OH is 1. The van der Waals surface area contributed by atoms with Gasteiger partial charge < -0.3 is 14.9 Å². The second-order valence-electron chi connectivity index (χ2n) is 5.13. The van der Waals surface area contributed by atoms with Crippen molar-refractivity contribution in [1.29, 1.82) is 0 Å². The van der Waals surface area contributed by atoms with Crippen molar-refractivity contribution in [1.82, 2.24) is 0 Å². The fraction of sp³-hybridized carbons (Fsp3) is 0.556. The van der Waals surface area contributed by atoms with Crippen LogP contribution in [0.1, 0.15) is 39.5 Å². The molecule has 0 amide bonds. The van der Waals surface area contributed by atoms with Gasteiger partial charge in [-0.05, 0) is 26.7 Å². The Morgan fingerprint density at radius 3 is 1.78 bits per heavy atom. The molecule has 152 valence electrons. The van der Waals surface area contributed by atoms with E-state index in [4.69, 9.17) is 10.2 Å². The molecule has 0 spiro atoms. The Bertz CT molecular complexity index is 498. The molecule has 0 aromatic heterocycles. The van der Waals surface area contributed by atoms with E-state index in [1.54, 1.807) is 0 Å². The lowest BCUT2D eigenvalue weighted by molar-refractivity contribution is -0.140. The van der Waals surface area contributed by atoms with Crippen LogP contribution in [-0.2, 0) is 23.9 Å². The van der Waals surface area contributed by atoms with E-state index in [9.17, 15) is 19.2 Å². The highest BCUT2D eigenvalue weighted by molar-refractivity contribution is 5.84. The van der Waals surface area contributed by atoms with Crippen LogP contribution in [0.25, 0.3) is 0 Å². The number of carboxylic acid groups (broad SMARTS) is 1. The summed E-state index contributed by atoms with van der Waals surface area (Å²) in [4.78, 5) is 46.0. The Hall–Kier alpha value is -2.86. The summed E-state index contributed by atoms with van der Waals surface area (Å²) in [6.45, 7) is 10.5. The highest BCUT2D eigenvalue weighted by Crippen LogP contribution is 1.99. The van der Waals surface area contributed by atoms with Gasteiger partial charge in [-0.2, -0.15) is 0 Å². The molecule has 0 aliphatic rings. The number of hydrogen-bond acceptors (Lipinski definition) is 8. The average Bonchev–Trinajstić information content (AvgIpc) is 2.63. The minimum atomic E-state index is -0.935. The Morgan fingerprint density at radius 2 is 1.52 bits per heavy atom. The zero-order valence-electron chi connectivity index (χ0n) is 15.8. The zero-order valence-corrected chi connectivity index (χ0v) is 15.8. The van der Waals surface area contributed by atoms with Gasteiger partial charge in [0, 0.05) is 11.6 Å². The van der Waals surface area contributed by atoms with E-state index in [1.807, 2.05) is 0 Å². The smallest absolute Gasteiger partial charge is 0.330 e. The topological polar surface area (TPSA) is 143 Å². The van der Waals surface area contributed by atoms with Crippen LogP contribution < -0.4 is 0 Å². The minimum Gasteiger partial charge on any atom is -0.478 e. The molecule has 9 heteroatoms. The van der Waals surface area contributed by atoms with Crippen LogP contribution in [0, 0.1) is 0 Å². The fourth-order valence-electron chi connectivity index (χ4n) is 1.09. The molecule has 1 atom stereocenters. The quantitative estimate of drug-likeness (QED) is 0.182. The average molecular weight is 384 g/mol. The van der Waals surface area contributed by atoms with E-state index in [2.05, 4.69) is 27.9 Å². The van der Waals surface area contributed by atoms with Gasteiger partial charge in [0.2, 0.25) is 12.2 Å². The maximum absolute atomic E-state index is 10.3. The lowest BCUT2D eigenvalue weighted by atomic mass is 10.2. The molecule has 27 heavy (non-hydrogen) atoms. The summed E-state index contributed by atoms with van der Waals surface area (Å²) >= 11 is 0. The van der Waals surface area contributed by atoms with Gasteiger partial charge >= 0.3 is 11.9 Å². The van der Waals surface area contributed by atoms with Gasteiger partial charge in [-0.1, -0.05) is 26.0 Å². The number of aliphatic imine (C=N–C) groups is 2. The maximum atomic E-state index is 10.3. The maximum Gasteiger partial charge on any atom is 0.330 e. The van der Waals surface area contributed by atoms with Crippen molar-refractivity contribution in [2.75, 3.05) is 19.7 Å². The van der Waals surface area contributed by atoms with Gasteiger partial charge in [-0.3, -0.25) is 0 Å². The van der Waals surface area contributed by atoms with Gasteiger partial charge in [-0.15, -0.1) is 0 Å². The molecule has 0 fully saturated rings. The summed E-state index contributed by atoms with van der Waals surface area (Å²) in [5.74, 6) is -1.44. The summed E-state index contributed by atoms with van der Waals surface area (Å²) in [5.41, 5.74) is 0.176. The first-order valence-electron chi connectivity index (χ1n) is 8.16. The zero-order chi connectivity index (χ0) is 21.5. The van der Waals surface area contributed by atoms with Crippen molar-refractivity contribution < 1.29 is 34.1 Å². The largest absolute Gasteiger partial charge is 0.478 e. The van der Waals surface area contributed by atoms with E-state index in [1.165, 1.54) is 26.0 Å². The molecule has 0 aliphatic heterocycles. The number of carbonyl (C=O) groups is 2. The number of carboxylic acids is 1. The number of carbonyl (C=O) groups excluding carboxylic acids is 3. The number of esters is 1. The first-order valence-corrected chi connectivity index (χ1v) is 8.16. The normalized spacial score (nSPS) is 9.44. The van der Waals surface area contributed by atoms with Crippen molar-refractivity contribution in [2.24, 2.45) is 9.98 Å². The van der Waals surface area contributed by atoms with Gasteiger partial charge in [-0.25, -0.2) is 29.2 Å². The number of unbranched alkanes of at least 4 members (excludes halogenated alkanes) is 3. The van der Waals surface area contributed by atoms with Crippen LogP contribution in [0.2, 0.25) is 0 Å². The SMILES string of the molecule is C=C(C)C(=O)O.C=CC(=O)OCC(C)O.O=C=NCCCCCCN=C=O. The Morgan fingerprint density at radius 1 is 1.11 bits per heavy atom. The highest BCUT2D eigenvalue weighted by atomic mass is 16.5. The molecular weight excluding hydrogens is 356 g/mol. The molecule has 1 unspecified atom stereocenters. The lowest BCUT2D eigenvalue weighted by Crippen LogP contribution is -2.13. The second-order valence-corrected chi connectivity index (χ2v) is 5.13. The lowest BCUT2D eigenvalue weighted by Gasteiger charge is -2.02. The molecule has 9 nitrogen and oxygen atoms in total. The number of rotatable bonds is 11. The molecule has 0 heterocycles. The molecule has 0 saturated heterocycles. The van der Waals surface area contributed by atoms with Crippen LogP contribution in [0.3, 0.4) is 0 Å². The third-order valence-electron chi connectivity index (χ3n) is 2.42. The summed E-state index contributed by atoms with van der Waals surface area (Å²) in [6, 6.07) is 0. The monoisotopic (exact) mass is 384 g/mol. The molecule has 0 radical (unpaired) electrons. The summed E-state index contributed by atoms with van der Waals surface area (Å²) in [5, 5.41) is 16.5. The van der Waals surface area contributed by atoms with E-state index < -0.39 is 18.0 Å². The summed E-state index contributed by atoms with van der Waals surface area (Å²) in [6.07, 6.45) is 7.26. The van der Waals surface area contributed by atoms with E-state index in [-0.39, 0.29) is 12.2 Å². The fourth-order valence-corrected chi connectivity index (χ4v) is 1.09. The molecule has 0 bridgehead atoms. The number of nitrogens with zero attached hydrogens (tertiary/aromatic N) is 2. The van der Waals surface area contributed by atoms with Crippen molar-refractivity contribution in [3.8, 4) is 0 Å². The summed E-state index contributed by atoms with van der Waals surface area (Å²) < 4.78 is 4.45. The number of aliphatic hydroxyl groups is 1. The first kappa shape index (κ1) is 28.9. The van der Waals surface area contributed by atoms with Crippen molar-refractivity contribution >= 4 is 24.1 Å². The van der Waals surface area contributed by atoms with Crippen molar-refractivity contribution in [3.63, 3.8) is 0 Å². The third kappa shape index (κ3) is 35.2. The Kier molecular flexibility index (Phi) is 24.8. The standard InChI is InChI=1S/C8H12N2O2.C6H10O3.C4H6O2/c11-7-9-5-3-1-2-4-6-10-8-12;1-3-6(8)9-4-5(2)7;1-3(2)4(5)6/h1-6H2;3,5,7H,1,4H2,2H3;1H2,2H3,(H,5,6). The molecule has 0 aromatic carbocycles. The minimum absolute atomic E-state index is 0.0326. The van der Waals surface area contributed by atoms with Gasteiger partial charge in [0.1, 0.15) is 6.61 Å². The number of aliphatic carboxylic acids is 1. The van der Waals surface area contributed by atoms with Crippen LogP contribution in [-0.4, -0.2) is 60.1 Å². The Balaban J connectivity index is -0.000000340. The summed E-state index contributed by atoms with van der Waals surface area (Å²) in [7, 11) is 0. The first-order chi connectivity index (χ1) is 12.7. The highest BCUT2D eigenvalue weighted by Gasteiger charge is 1.98. The third-order valence-corrected chi connectivity index (χ3v) is 2.42. The van der Waals surface area contributed by atoms with Crippen LogP contribution in [0.5, 0.6) is 0 Å².